The number of aliphatic hydroxyl groups is 1. The summed E-state index contributed by atoms with van der Waals surface area (Å²) in [5.74, 6) is -1.97. The first-order valence-electron chi connectivity index (χ1n) is 15.9. The highest BCUT2D eigenvalue weighted by Crippen LogP contribution is 2.22. The molecule has 1 fully saturated rings. The van der Waals surface area contributed by atoms with Crippen LogP contribution in [0, 0.1) is 5.92 Å². The van der Waals surface area contributed by atoms with Gasteiger partial charge in [-0.05, 0) is 49.3 Å². The standard InChI is InChI=1S/C36H44N4O7/c1-3-11-26(20-33(42)40-18-10-15-29(40)22-41)34(43)38-28(19-27-21-37-31-17-9-8-16-30(27)31)24-46-35(44)32(12-4-2)39-36(45)47-23-25-13-6-5-7-14-25/h3-9,13-14,16-17,21,26,28-29,32,37,41H,1-2,10-12,15,18-20,22-24H2,(H,38,43)(H,39,45)/t26-,28-,29-,32+/m0/s1. The van der Waals surface area contributed by atoms with Crippen LogP contribution < -0.4 is 10.6 Å². The van der Waals surface area contributed by atoms with Gasteiger partial charge in [0, 0.05) is 30.1 Å². The highest BCUT2D eigenvalue weighted by Gasteiger charge is 2.32. The number of esters is 1. The van der Waals surface area contributed by atoms with Gasteiger partial charge in [0.15, 0.2) is 0 Å². The van der Waals surface area contributed by atoms with Crippen LogP contribution in [0.2, 0.25) is 0 Å². The summed E-state index contributed by atoms with van der Waals surface area (Å²) in [6.07, 6.45) is 6.36. The molecule has 0 bridgehead atoms. The molecule has 47 heavy (non-hydrogen) atoms. The van der Waals surface area contributed by atoms with E-state index in [9.17, 15) is 24.3 Å². The molecule has 1 aliphatic heterocycles. The maximum absolute atomic E-state index is 13.6. The molecule has 0 unspecified atom stereocenters. The Hall–Kier alpha value is -4.90. The van der Waals surface area contributed by atoms with Gasteiger partial charge < -0.3 is 35.1 Å². The van der Waals surface area contributed by atoms with Gasteiger partial charge in [0.2, 0.25) is 11.8 Å². The molecule has 1 aromatic heterocycles. The van der Waals surface area contributed by atoms with Crippen LogP contribution in [0.15, 0.2) is 86.1 Å². The number of carbonyl (C=O) groups excluding carboxylic acids is 4. The third-order valence-corrected chi connectivity index (χ3v) is 8.26. The summed E-state index contributed by atoms with van der Waals surface area (Å²) in [6.45, 7) is 7.73. The van der Waals surface area contributed by atoms with Crippen molar-refractivity contribution in [3.8, 4) is 0 Å². The molecule has 11 heteroatoms. The third kappa shape index (κ3) is 10.0. The van der Waals surface area contributed by atoms with E-state index in [0.717, 1.165) is 34.9 Å². The quantitative estimate of drug-likeness (QED) is 0.127. The molecule has 2 heterocycles. The molecule has 4 atom stereocenters. The molecule has 3 aromatic rings. The number of fused-ring (bicyclic) bond motifs is 1. The number of aromatic amines is 1. The van der Waals surface area contributed by atoms with E-state index in [1.807, 2.05) is 60.8 Å². The van der Waals surface area contributed by atoms with Crippen LogP contribution in [-0.4, -0.2) is 76.8 Å². The Bertz CT molecular complexity index is 1520. The van der Waals surface area contributed by atoms with Crippen molar-refractivity contribution in [2.45, 2.75) is 63.3 Å². The number of nitrogens with zero attached hydrogens (tertiary/aromatic N) is 1. The van der Waals surface area contributed by atoms with Crippen LogP contribution in [0.4, 0.5) is 4.79 Å². The lowest BCUT2D eigenvalue weighted by Crippen LogP contribution is -2.47. The summed E-state index contributed by atoms with van der Waals surface area (Å²) in [6, 6.07) is 14.9. The van der Waals surface area contributed by atoms with Gasteiger partial charge in [0.05, 0.1) is 24.6 Å². The van der Waals surface area contributed by atoms with Crippen molar-refractivity contribution in [3.05, 3.63) is 97.2 Å². The number of benzene rings is 2. The number of ether oxygens (including phenoxy) is 2. The number of H-pyrrole nitrogens is 1. The topological polar surface area (TPSA) is 150 Å². The first-order chi connectivity index (χ1) is 22.8. The number of para-hydroxylation sites is 1. The zero-order valence-corrected chi connectivity index (χ0v) is 26.6. The normalized spacial score (nSPS) is 16.1. The molecular formula is C36H44N4O7. The molecule has 0 spiro atoms. The number of rotatable bonds is 17. The van der Waals surface area contributed by atoms with Gasteiger partial charge in [-0.15, -0.1) is 13.2 Å². The molecule has 2 aromatic carbocycles. The second-order valence-electron chi connectivity index (χ2n) is 11.7. The van der Waals surface area contributed by atoms with Gasteiger partial charge in [0.25, 0.3) is 0 Å². The molecule has 3 amide bonds. The smallest absolute Gasteiger partial charge is 0.408 e. The van der Waals surface area contributed by atoms with E-state index < -0.39 is 30.1 Å². The number of aliphatic hydroxyl groups excluding tert-OH is 1. The van der Waals surface area contributed by atoms with Gasteiger partial charge >= 0.3 is 12.1 Å². The van der Waals surface area contributed by atoms with E-state index in [2.05, 4.69) is 28.8 Å². The van der Waals surface area contributed by atoms with Crippen molar-refractivity contribution in [2.24, 2.45) is 5.92 Å². The first kappa shape index (κ1) is 35.0. The van der Waals surface area contributed by atoms with Crippen LogP contribution in [0.1, 0.15) is 43.2 Å². The van der Waals surface area contributed by atoms with Crippen molar-refractivity contribution >= 4 is 34.8 Å². The summed E-state index contributed by atoms with van der Waals surface area (Å²) in [5, 5.41) is 16.2. The van der Waals surface area contributed by atoms with Crippen molar-refractivity contribution in [3.63, 3.8) is 0 Å². The minimum Gasteiger partial charge on any atom is -0.462 e. The molecule has 0 radical (unpaired) electrons. The maximum Gasteiger partial charge on any atom is 0.408 e. The van der Waals surface area contributed by atoms with Gasteiger partial charge in [-0.2, -0.15) is 0 Å². The Labute approximate surface area is 275 Å². The number of allylic oxidation sites excluding steroid dienone is 1. The number of alkyl carbamates (subject to hydrolysis) is 1. The van der Waals surface area contributed by atoms with Gasteiger partial charge in [-0.1, -0.05) is 60.7 Å². The Morgan fingerprint density at radius 1 is 1.00 bits per heavy atom. The van der Waals surface area contributed by atoms with Crippen LogP contribution in [0.3, 0.4) is 0 Å². The summed E-state index contributed by atoms with van der Waals surface area (Å²) < 4.78 is 10.9. The highest BCUT2D eigenvalue weighted by atomic mass is 16.6. The third-order valence-electron chi connectivity index (χ3n) is 8.26. The van der Waals surface area contributed by atoms with E-state index in [1.165, 1.54) is 6.08 Å². The van der Waals surface area contributed by atoms with Crippen LogP contribution in [0.5, 0.6) is 0 Å². The fourth-order valence-electron chi connectivity index (χ4n) is 5.77. The lowest BCUT2D eigenvalue weighted by atomic mass is 9.97. The van der Waals surface area contributed by atoms with E-state index in [-0.39, 0.29) is 56.9 Å². The van der Waals surface area contributed by atoms with Crippen LogP contribution in [0.25, 0.3) is 10.9 Å². The van der Waals surface area contributed by atoms with Crippen molar-refractivity contribution < 1.29 is 33.8 Å². The Morgan fingerprint density at radius 2 is 1.74 bits per heavy atom. The van der Waals surface area contributed by atoms with Crippen LogP contribution >= 0.6 is 0 Å². The molecule has 11 nitrogen and oxygen atoms in total. The second-order valence-corrected chi connectivity index (χ2v) is 11.7. The van der Waals surface area contributed by atoms with Gasteiger partial charge in [0.1, 0.15) is 19.3 Å². The average Bonchev–Trinajstić information content (AvgIpc) is 3.73. The predicted octanol–water partition coefficient (Wildman–Crippen LogP) is 4.18. The lowest BCUT2D eigenvalue weighted by Gasteiger charge is -2.26. The fourth-order valence-corrected chi connectivity index (χ4v) is 5.77. The van der Waals surface area contributed by atoms with Crippen molar-refractivity contribution in [1.82, 2.24) is 20.5 Å². The zero-order valence-electron chi connectivity index (χ0n) is 26.6. The average molecular weight is 645 g/mol. The molecule has 0 aliphatic carbocycles. The van der Waals surface area contributed by atoms with E-state index in [4.69, 9.17) is 9.47 Å². The predicted molar refractivity (Wildman–Crippen MR) is 178 cm³/mol. The van der Waals surface area contributed by atoms with Crippen molar-refractivity contribution in [1.29, 1.82) is 0 Å². The molecule has 0 saturated carbocycles. The number of carbonyl (C=O) groups is 4. The van der Waals surface area contributed by atoms with E-state index in [1.54, 1.807) is 11.0 Å². The molecule has 1 aliphatic rings. The number of aromatic nitrogens is 1. The highest BCUT2D eigenvalue weighted by molar-refractivity contribution is 5.87. The lowest BCUT2D eigenvalue weighted by molar-refractivity contribution is -0.147. The summed E-state index contributed by atoms with van der Waals surface area (Å²) in [5.41, 5.74) is 2.63. The van der Waals surface area contributed by atoms with Gasteiger partial charge in [-0.25, -0.2) is 9.59 Å². The number of nitrogens with one attached hydrogen (secondary N) is 3. The molecule has 4 rings (SSSR count). The van der Waals surface area contributed by atoms with Gasteiger partial charge in [-0.3, -0.25) is 9.59 Å². The Balaban J connectivity index is 1.43. The number of hydrogen-bond acceptors (Lipinski definition) is 7. The number of hydrogen-bond donors (Lipinski definition) is 4. The summed E-state index contributed by atoms with van der Waals surface area (Å²) >= 11 is 0. The molecular weight excluding hydrogens is 600 g/mol. The minimum atomic E-state index is -1.05. The summed E-state index contributed by atoms with van der Waals surface area (Å²) in [7, 11) is 0. The maximum atomic E-state index is 13.6. The minimum absolute atomic E-state index is 0.0358. The fraction of sp³-hybridized carbons (Fsp3) is 0.389. The number of likely N-dealkylation sites (tertiary alicyclic amines) is 1. The zero-order chi connectivity index (χ0) is 33.6. The van der Waals surface area contributed by atoms with Crippen molar-refractivity contribution in [2.75, 3.05) is 19.8 Å². The number of amides is 3. The Morgan fingerprint density at radius 3 is 2.49 bits per heavy atom. The second kappa shape index (κ2) is 17.7. The molecule has 4 N–H and O–H groups in total. The molecule has 1 saturated heterocycles. The molecule has 250 valence electrons. The summed E-state index contributed by atoms with van der Waals surface area (Å²) in [4.78, 5) is 57.3. The SMILES string of the molecule is C=CC[C@@H](CC(=O)N1CCC[C@H]1CO)C(=O)N[C@H](COC(=O)[C@@H](CC=C)NC(=O)OCc1ccccc1)Cc1c[nH]c2ccccc12. The van der Waals surface area contributed by atoms with E-state index in [0.29, 0.717) is 13.0 Å². The monoisotopic (exact) mass is 644 g/mol. The van der Waals surface area contributed by atoms with E-state index >= 15 is 0 Å². The first-order valence-corrected chi connectivity index (χ1v) is 15.9. The van der Waals surface area contributed by atoms with Crippen LogP contribution in [-0.2, 0) is 36.9 Å². The Kier molecular flexibility index (Phi) is 13.2. The largest absolute Gasteiger partial charge is 0.462 e.